The number of hydrogen-bond donors (Lipinski definition) is 1. The van der Waals surface area contributed by atoms with Gasteiger partial charge >= 0.3 is 0 Å². The number of nitrogens with one attached hydrogen (secondary N) is 1. The standard InChI is InChI=1S/C25H31FN2/c1-19(2)21(4)28(17-23-8-5-6-10-25(23)26)18-24-9-7-15-27(24)16-22-13-11-20(3)12-14-22/h5-15,19,21H,16-18H2,1-4H3/p+1/t21-/m0/s1. The van der Waals surface area contributed by atoms with Gasteiger partial charge in [0.1, 0.15) is 18.9 Å². The van der Waals surface area contributed by atoms with Gasteiger partial charge in [-0.25, -0.2) is 4.39 Å². The van der Waals surface area contributed by atoms with Gasteiger partial charge in [0, 0.05) is 24.2 Å². The second kappa shape index (κ2) is 9.20. The van der Waals surface area contributed by atoms with Crippen molar-refractivity contribution in [2.45, 2.75) is 53.4 Å². The number of quaternary nitrogens is 1. The van der Waals surface area contributed by atoms with E-state index in [0.717, 1.165) is 18.7 Å². The van der Waals surface area contributed by atoms with Crippen molar-refractivity contribution < 1.29 is 9.29 Å². The van der Waals surface area contributed by atoms with Crippen LogP contribution in [-0.4, -0.2) is 10.6 Å². The summed E-state index contributed by atoms with van der Waals surface area (Å²) in [5, 5.41) is 0. The van der Waals surface area contributed by atoms with E-state index in [0.29, 0.717) is 18.5 Å². The number of halogens is 1. The molecule has 0 aliphatic carbocycles. The van der Waals surface area contributed by atoms with E-state index in [-0.39, 0.29) is 5.82 Å². The molecule has 28 heavy (non-hydrogen) atoms. The zero-order chi connectivity index (χ0) is 20.1. The molecule has 0 saturated heterocycles. The molecule has 1 unspecified atom stereocenters. The molecule has 0 amide bonds. The van der Waals surface area contributed by atoms with Gasteiger partial charge in [-0.1, -0.05) is 61.9 Å². The highest BCUT2D eigenvalue weighted by molar-refractivity contribution is 5.22. The smallest absolute Gasteiger partial charge is 0.132 e. The third-order valence-corrected chi connectivity index (χ3v) is 5.82. The monoisotopic (exact) mass is 379 g/mol. The van der Waals surface area contributed by atoms with E-state index in [1.165, 1.54) is 21.7 Å². The second-order valence-electron chi connectivity index (χ2n) is 8.25. The van der Waals surface area contributed by atoms with Crippen LogP contribution in [0.1, 0.15) is 43.2 Å². The Kier molecular flexibility index (Phi) is 6.69. The molecule has 0 bridgehead atoms. The topological polar surface area (TPSA) is 9.37 Å². The lowest BCUT2D eigenvalue weighted by Gasteiger charge is -2.29. The van der Waals surface area contributed by atoms with E-state index >= 15 is 0 Å². The van der Waals surface area contributed by atoms with Crippen molar-refractivity contribution >= 4 is 0 Å². The van der Waals surface area contributed by atoms with E-state index in [2.05, 4.69) is 74.9 Å². The molecule has 0 aliphatic heterocycles. The molecule has 3 heteroatoms. The van der Waals surface area contributed by atoms with Gasteiger partial charge in [0.15, 0.2) is 0 Å². The van der Waals surface area contributed by atoms with E-state index in [9.17, 15) is 4.39 Å². The van der Waals surface area contributed by atoms with E-state index in [4.69, 9.17) is 0 Å². The molecule has 2 aromatic carbocycles. The van der Waals surface area contributed by atoms with Crippen LogP contribution in [0.2, 0.25) is 0 Å². The Morgan fingerprint density at radius 2 is 1.61 bits per heavy atom. The predicted molar refractivity (Wildman–Crippen MR) is 114 cm³/mol. The Morgan fingerprint density at radius 3 is 2.29 bits per heavy atom. The molecular formula is C25H32FN2+. The Balaban J connectivity index is 1.80. The van der Waals surface area contributed by atoms with Crippen molar-refractivity contribution in [3.8, 4) is 0 Å². The van der Waals surface area contributed by atoms with Gasteiger partial charge in [0.2, 0.25) is 0 Å². The lowest BCUT2D eigenvalue weighted by atomic mass is 10.0. The van der Waals surface area contributed by atoms with Crippen LogP contribution in [0.25, 0.3) is 0 Å². The molecular weight excluding hydrogens is 347 g/mol. The first kappa shape index (κ1) is 20.3. The molecule has 0 saturated carbocycles. The maximum atomic E-state index is 14.3. The van der Waals surface area contributed by atoms with E-state index in [1.807, 2.05) is 12.1 Å². The third-order valence-electron chi connectivity index (χ3n) is 5.82. The van der Waals surface area contributed by atoms with Gasteiger partial charge < -0.3 is 9.47 Å². The average molecular weight is 380 g/mol. The maximum absolute atomic E-state index is 14.3. The van der Waals surface area contributed by atoms with Crippen molar-refractivity contribution in [3.05, 3.63) is 95.1 Å². The number of hydrogen-bond acceptors (Lipinski definition) is 0. The van der Waals surface area contributed by atoms with Gasteiger partial charge in [-0.15, -0.1) is 0 Å². The fraction of sp³-hybridized carbons (Fsp3) is 0.360. The number of nitrogens with zero attached hydrogens (tertiary/aromatic N) is 1. The molecule has 1 aromatic heterocycles. The Morgan fingerprint density at radius 1 is 0.893 bits per heavy atom. The van der Waals surface area contributed by atoms with Crippen LogP contribution < -0.4 is 4.90 Å². The van der Waals surface area contributed by atoms with Crippen LogP contribution in [0.4, 0.5) is 4.39 Å². The van der Waals surface area contributed by atoms with Crippen molar-refractivity contribution in [1.82, 2.24) is 4.57 Å². The molecule has 2 atom stereocenters. The summed E-state index contributed by atoms with van der Waals surface area (Å²) in [4.78, 5) is 1.39. The van der Waals surface area contributed by atoms with Crippen molar-refractivity contribution in [1.29, 1.82) is 0 Å². The summed E-state index contributed by atoms with van der Waals surface area (Å²) in [6, 6.07) is 20.6. The lowest BCUT2D eigenvalue weighted by molar-refractivity contribution is -0.954. The predicted octanol–water partition coefficient (Wildman–Crippen LogP) is 4.61. The molecule has 2 nitrogen and oxygen atoms in total. The van der Waals surface area contributed by atoms with Gasteiger partial charge in [-0.05, 0) is 37.6 Å². The first-order chi connectivity index (χ1) is 13.4. The Labute approximate surface area is 168 Å². The lowest BCUT2D eigenvalue weighted by Crippen LogP contribution is -3.13. The molecule has 0 fully saturated rings. The zero-order valence-corrected chi connectivity index (χ0v) is 17.5. The van der Waals surface area contributed by atoms with Gasteiger partial charge in [0.25, 0.3) is 0 Å². The van der Waals surface area contributed by atoms with Crippen molar-refractivity contribution in [2.24, 2.45) is 5.92 Å². The minimum Gasteiger partial charge on any atom is -0.342 e. The Bertz CT molecular complexity index is 880. The first-order valence-corrected chi connectivity index (χ1v) is 10.2. The highest BCUT2D eigenvalue weighted by atomic mass is 19.1. The molecule has 3 rings (SSSR count). The SMILES string of the molecule is Cc1ccc(Cn2cccc2C[NH+](Cc2ccccc2F)[C@@H](C)C(C)C)cc1. The summed E-state index contributed by atoms with van der Waals surface area (Å²) in [5.41, 5.74) is 4.67. The van der Waals surface area contributed by atoms with Gasteiger partial charge in [0.05, 0.1) is 11.7 Å². The summed E-state index contributed by atoms with van der Waals surface area (Å²) >= 11 is 0. The average Bonchev–Trinajstić information content (AvgIpc) is 3.10. The van der Waals surface area contributed by atoms with Gasteiger partial charge in [-0.2, -0.15) is 0 Å². The van der Waals surface area contributed by atoms with Crippen molar-refractivity contribution in [2.75, 3.05) is 0 Å². The second-order valence-corrected chi connectivity index (χ2v) is 8.25. The number of aryl methyl sites for hydroxylation is 1. The molecule has 0 aliphatic rings. The summed E-state index contributed by atoms with van der Waals surface area (Å²) in [6.07, 6.45) is 2.15. The van der Waals surface area contributed by atoms with Crippen LogP contribution in [0, 0.1) is 18.7 Å². The Hall–Kier alpha value is -2.39. The quantitative estimate of drug-likeness (QED) is 0.585. The molecule has 148 valence electrons. The normalized spacial score (nSPS) is 13.6. The third kappa shape index (κ3) is 5.11. The largest absolute Gasteiger partial charge is 0.342 e. The van der Waals surface area contributed by atoms with Crippen LogP contribution in [0.15, 0.2) is 66.9 Å². The molecule has 1 N–H and O–H groups in total. The maximum Gasteiger partial charge on any atom is 0.132 e. The van der Waals surface area contributed by atoms with Crippen molar-refractivity contribution in [3.63, 3.8) is 0 Å². The number of rotatable bonds is 8. The molecule has 0 spiro atoms. The fourth-order valence-electron chi connectivity index (χ4n) is 3.63. The van der Waals surface area contributed by atoms with E-state index in [1.54, 1.807) is 12.1 Å². The summed E-state index contributed by atoms with van der Waals surface area (Å²) in [6.45, 7) is 11.3. The van der Waals surface area contributed by atoms with E-state index < -0.39 is 0 Å². The fourth-order valence-corrected chi connectivity index (χ4v) is 3.63. The summed E-state index contributed by atoms with van der Waals surface area (Å²) in [5.74, 6) is 0.424. The number of benzene rings is 2. The minimum absolute atomic E-state index is 0.106. The van der Waals surface area contributed by atoms with Crippen LogP contribution in [0.5, 0.6) is 0 Å². The number of aromatic nitrogens is 1. The zero-order valence-electron chi connectivity index (χ0n) is 17.5. The molecule has 0 radical (unpaired) electrons. The highest BCUT2D eigenvalue weighted by Gasteiger charge is 2.24. The molecule has 1 heterocycles. The van der Waals surface area contributed by atoms with Gasteiger partial charge in [-0.3, -0.25) is 0 Å². The highest BCUT2D eigenvalue weighted by Crippen LogP contribution is 2.11. The summed E-state index contributed by atoms with van der Waals surface area (Å²) in [7, 11) is 0. The first-order valence-electron chi connectivity index (χ1n) is 10.2. The van der Waals surface area contributed by atoms with Crippen LogP contribution >= 0.6 is 0 Å². The summed E-state index contributed by atoms with van der Waals surface area (Å²) < 4.78 is 16.6. The molecule has 3 aromatic rings. The van der Waals surface area contributed by atoms with Crippen LogP contribution in [-0.2, 0) is 19.6 Å². The minimum atomic E-state index is -0.106. The van der Waals surface area contributed by atoms with Crippen LogP contribution in [0.3, 0.4) is 0 Å².